The van der Waals surface area contributed by atoms with Crippen LogP contribution in [0.3, 0.4) is 0 Å². The lowest BCUT2D eigenvalue weighted by molar-refractivity contribution is -0.147. The van der Waals surface area contributed by atoms with Gasteiger partial charge in [0.1, 0.15) is 12.2 Å². The minimum atomic E-state index is -0.480. The SMILES string of the molecule is COC(=O)[C@H]1C[C@H]2CN(C(=O)c3c(Cl)cnn3C)CC(=O)N2[C@H]1c1ccccc1. The molecular weight excluding hydrogens is 396 g/mol. The van der Waals surface area contributed by atoms with Crippen molar-refractivity contribution in [2.45, 2.75) is 18.5 Å². The van der Waals surface area contributed by atoms with E-state index in [9.17, 15) is 14.4 Å². The van der Waals surface area contributed by atoms with Crippen molar-refractivity contribution in [1.29, 1.82) is 0 Å². The number of nitrogens with zero attached hydrogens (tertiary/aromatic N) is 4. The summed E-state index contributed by atoms with van der Waals surface area (Å²) in [6.07, 6.45) is 1.84. The van der Waals surface area contributed by atoms with Crippen molar-refractivity contribution in [3.8, 4) is 0 Å². The number of carbonyl (C=O) groups excluding carboxylic acids is 3. The molecule has 3 atom stereocenters. The number of methoxy groups -OCH3 is 1. The van der Waals surface area contributed by atoms with Crippen LogP contribution in [0.4, 0.5) is 0 Å². The Bertz CT molecular complexity index is 941. The number of fused-ring (bicyclic) bond motifs is 1. The summed E-state index contributed by atoms with van der Waals surface area (Å²) < 4.78 is 6.41. The molecule has 0 unspecified atom stereocenters. The zero-order chi connectivity index (χ0) is 20.7. The second-order valence-corrected chi connectivity index (χ2v) is 7.73. The topological polar surface area (TPSA) is 84.7 Å². The molecule has 2 aliphatic rings. The van der Waals surface area contributed by atoms with Crippen molar-refractivity contribution < 1.29 is 19.1 Å². The number of amides is 2. The molecule has 0 aliphatic carbocycles. The van der Waals surface area contributed by atoms with E-state index in [-0.39, 0.29) is 41.1 Å². The van der Waals surface area contributed by atoms with E-state index in [1.807, 2.05) is 30.3 Å². The van der Waals surface area contributed by atoms with E-state index in [1.54, 1.807) is 11.9 Å². The number of benzene rings is 1. The minimum Gasteiger partial charge on any atom is -0.469 e. The van der Waals surface area contributed by atoms with E-state index in [1.165, 1.54) is 22.9 Å². The van der Waals surface area contributed by atoms with Gasteiger partial charge in [0.2, 0.25) is 5.91 Å². The number of piperazine rings is 1. The number of rotatable bonds is 3. The maximum absolute atomic E-state index is 13.1. The third-order valence-electron chi connectivity index (χ3n) is 5.67. The highest BCUT2D eigenvalue weighted by molar-refractivity contribution is 6.33. The first-order valence-corrected chi connectivity index (χ1v) is 9.71. The van der Waals surface area contributed by atoms with E-state index < -0.39 is 12.0 Å². The molecule has 152 valence electrons. The van der Waals surface area contributed by atoms with E-state index >= 15 is 0 Å². The molecule has 4 rings (SSSR count). The number of hydrogen-bond donors (Lipinski definition) is 0. The lowest BCUT2D eigenvalue weighted by Crippen LogP contribution is -2.56. The number of ether oxygens (including phenoxy) is 1. The van der Waals surface area contributed by atoms with E-state index in [0.29, 0.717) is 13.0 Å². The number of carbonyl (C=O) groups is 3. The molecule has 0 spiro atoms. The Balaban J connectivity index is 1.64. The average molecular weight is 417 g/mol. The predicted molar refractivity (Wildman–Crippen MR) is 104 cm³/mol. The van der Waals surface area contributed by atoms with Crippen LogP contribution in [0.2, 0.25) is 5.02 Å². The molecule has 2 amide bonds. The van der Waals surface area contributed by atoms with Gasteiger partial charge in [0.25, 0.3) is 5.91 Å². The Morgan fingerprint density at radius 2 is 1.97 bits per heavy atom. The molecule has 1 aromatic heterocycles. The van der Waals surface area contributed by atoms with Gasteiger partial charge in [0.05, 0.1) is 36.3 Å². The first kappa shape index (κ1) is 19.4. The Morgan fingerprint density at radius 3 is 2.59 bits per heavy atom. The van der Waals surface area contributed by atoms with Gasteiger partial charge in [-0.15, -0.1) is 0 Å². The quantitative estimate of drug-likeness (QED) is 0.710. The van der Waals surface area contributed by atoms with Crippen molar-refractivity contribution in [1.82, 2.24) is 19.6 Å². The predicted octanol–water partition coefficient (Wildman–Crippen LogP) is 1.66. The Hall–Kier alpha value is -2.87. The number of aryl methyl sites for hydroxylation is 1. The molecule has 1 aromatic carbocycles. The van der Waals surface area contributed by atoms with Crippen LogP contribution in [0.15, 0.2) is 36.5 Å². The third kappa shape index (κ3) is 3.27. The molecule has 2 aromatic rings. The zero-order valence-electron chi connectivity index (χ0n) is 16.1. The molecule has 2 saturated heterocycles. The highest BCUT2D eigenvalue weighted by Gasteiger charge is 2.51. The Labute approximate surface area is 173 Å². The largest absolute Gasteiger partial charge is 0.469 e. The van der Waals surface area contributed by atoms with Crippen LogP contribution in [-0.4, -0.2) is 63.6 Å². The summed E-state index contributed by atoms with van der Waals surface area (Å²) in [4.78, 5) is 41.8. The lowest BCUT2D eigenvalue weighted by atomic mass is 9.93. The van der Waals surface area contributed by atoms with Crippen LogP contribution >= 0.6 is 11.6 Å². The van der Waals surface area contributed by atoms with Gasteiger partial charge in [-0.2, -0.15) is 5.10 Å². The molecule has 0 N–H and O–H groups in total. The van der Waals surface area contributed by atoms with Crippen molar-refractivity contribution in [3.63, 3.8) is 0 Å². The summed E-state index contributed by atoms with van der Waals surface area (Å²) >= 11 is 6.11. The maximum atomic E-state index is 13.1. The minimum absolute atomic E-state index is 0.0753. The first-order chi connectivity index (χ1) is 13.9. The first-order valence-electron chi connectivity index (χ1n) is 9.33. The normalized spacial score (nSPS) is 23.8. The molecule has 3 heterocycles. The third-order valence-corrected chi connectivity index (χ3v) is 5.95. The number of aromatic nitrogens is 2. The van der Waals surface area contributed by atoms with Crippen LogP contribution in [-0.2, 0) is 21.4 Å². The molecule has 0 bridgehead atoms. The monoisotopic (exact) mass is 416 g/mol. The Morgan fingerprint density at radius 1 is 1.24 bits per heavy atom. The number of halogens is 1. The van der Waals surface area contributed by atoms with Crippen molar-refractivity contribution in [2.75, 3.05) is 20.2 Å². The highest BCUT2D eigenvalue weighted by Crippen LogP contribution is 2.43. The fourth-order valence-electron chi connectivity index (χ4n) is 4.42. The van der Waals surface area contributed by atoms with Crippen LogP contribution in [0.5, 0.6) is 0 Å². The van der Waals surface area contributed by atoms with Crippen LogP contribution < -0.4 is 0 Å². The van der Waals surface area contributed by atoms with Crippen LogP contribution in [0.1, 0.15) is 28.5 Å². The van der Waals surface area contributed by atoms with E-state index in [2.05, 4.69) is 5.10 Å². The second-order valence-electron chi connectivity index (χ2n) is 7.33. The molecule has 29 heavy (non-hydrogen) atoms. The summed E-state index contributed by atoms with van der Waals surface area (Å²) in [7, 11) is 2.98. The molecule has 8 nitrogen and oxygen atoms in total. The number of hydrogen-bond acceptors (Lipinski definition) is 5. The van der Waals surface area contributed by atoms with Gasteiger partial charge in [-0.3, -0.25) is 19.1 Å². The Kier molecular flexibility index (Phi) is 5.04. The van der Waals surface area contributed by atoms with Crippen LogP contribution in [0, 0.1) is 5.92 Å². The summed E-state index contributed by atoms with van der Waals surface area (Å²) in [6, 6.07) is 8.78. The summed E-state index contributed by atoms with van der Waals surface area (Å²) in [5.74, 6) is -1.38. The summed E-state index contributed by atoms with van der Waals surface area (Å²) in [5, 5.41) is 4.24. The van der Waals surface area contributed by atoms with Crippen LogP contribution in [0.25, 0.3) is 0 Å². The fraction of sp³-hybridized carbons (Fsp3) is 0.400. The molecular formula is C20H21ClN4O4. The van der Waals surface area contributed by atoms with Crippen molar-refractivity contribution in [2.24, 2.45) is 13.0 Å². The van der Waals surface area contributed by atoms with Gasteiger partial charge in [-0.25, -0.2) is 0 Å². The summed E-state index contributed by atoms with van der Waals surface area (Å²) in [6.45, 7) is 0.247. The van der Waals surface area contributed by atoms with Crippen molar-refractivity contribution in [3.05, 3.63) is 52.8 Å². The average Bonchev–Trinajstić information content (AvgIpc) is 3.27. The molecule has 9 heteroatoms. The number of esters is 1. The van der Waals surface area contributed by atoms with Gasteiger partial charge in [0.15, 0.2) is 0 Å². The fourth-order valence-corrected chi connectivity index (χ4v) is 4.66. The van der Waals surface area contributed by atoms with E-state index in [4.69, 9.17) is 16.3 Å². The van der Waals surface area contributed by atoms with Gasteiger partial charge in [0, 0.05) is 13.6 Å². The van der Waals surface area contributed by atoms with Gasteiger partial charge < -0.3 is 14.5 Å². The smallest absolute Gasteiger partial charge is 0.311 e. The molecule has 0 saturated carbocycles. The standard InChI is InChI=1S/C20H21ClN4O4/c1-23-18(15(21)9-22-23)19(27)24-10-13-8-14(20(28)29-2)17(25(13)16(26)11-24)12-6-4-3-5-7-12/h3-7,9,13-14,17H,8,10-11H2,1-2H3/t13-,14-,17-/m0/s1. The van der Waals surface area contributed by atoms with E-state index in [0.717, 1.165) is 5.56 Å². The van der Waals surface area contributed by atoms with Gasteiger partial charge in [-0.05, 0) is 12.0 Å². The summed E-state index contributed by atoms with van der Waals surface area (Å²) in [5.41, 5.74) is 1.13. The zero-order valence-corrected chi connectivity index (χ0v) is 16.9. The molecule has 2 fully saturated rings. The van der Waals surface area contributed by atoms with Crippen molar-refractivity contribution >= 4 is 29.4 Å². The van der Waals surface area contributed by atoms with Gasteiger partial charge >= 0.3 is 5.97 Å². The highest BCUT2D eigenvalue weighted by atomic mass is 35.5. The molecule has 2 aliphatic heterocycles. The second kappa shape index (κ2) is 7.51. The lowest BCUT2D eigenvalue weighted by Gasteiger charge is -2.40. The van der Waals surface area contributed by atoms with Gasteiger partial charge in [-0.1, -0.05) is 41.9 Å². The maximum Gasteiger partial charge on any atom is 0.311 e. The molecule has 0 radical (unpaired) electrons.